The molecule has 0 amide bonds. The minimum Gasteiger partial charge on any atom is -0.347 e. The van der Waals surface area contributed by atoms with Crippen LogP contribution in [0.1, 0.15) is 38.5 Å². The number of hydrogen-bond donors (Lipinski definition) is 0. The summed E-state index contributed by atoms with van der Waals surface area (Å²) in [6.45, 7) is 1.40. The molecular weight excluding hydrogens is 290 g/mol. The first-order valence-corrected chi connectivity index (χ1v) is 9.84. The summed E-state index contributed by atoms with van der Waals surface area (Å²) in [5.41, 5.74) is 0. The van der Waals surface area contributed by atoms with Crippen LogP contribution in [0.4, 0.5) is 0 Å². The van der Waals surface area contributed by atoms with Crippen molar-refractivity contribution in [3.63, 3.8) is 0 Å². The number of nitrogens with zero attached hydrogens (tertiary/aromatic N) is 1. The van der Waals surface area contributed by atoms with E-state index in [1.807, 2.05) is 0 Å². The van der Waals surface area contributed by atoms with Crippen LogP contribution in [0.15, 0.2) is 0 Å². The number of rotatable bonds is 5. The van der Waals surface area contributed by atoms with Gasteiger partial charge in [0, 0.05) is 23.8 Å². The van der Waals surface area contributed by atoms with Crippen molar-refractivity contribution in [3.8, 4) is 6.07 Å². The lowest BCUT2D eigenvalue weighted by Gasteiger charge is -2.30. The van der Waals surface area contributed by atoms with Crippen LogP contribution in [0.2, 0.25) is 0 Å². The summed E-state index contributed by atoms with van der Waals surface area (Å²) in [5.74, 6) is 2.65. The highest BCUT2D eigenvalue weighted by Crippen LogP contribution is 2.48. The van der Waals surface area contributed by atoms with Crippen molar-refractivity contribution in [1.29, 1.82) is 5.26 Å². The number of hydrogen-bond acceptors (Lipinski definition) is 5. The van der Waals surface area contributed by atoms with E-state index < -0.39 is 5.79 Å². The fourth-order valence-electron chi connectivity index (χ4n) is 3.70. The Bertz CT molecular complexity index is 359. The van der Waals surface area contributed by atoms with Gasteiger partial charge in [-0.05, 0) is 19.3 Å². The highest BCUT2D eigenvalue weighted by atomic mass is 32.2. The van der Waals surface area contributed by atoms with Crippen LogP contribution >= 0.6 is 23.5 Å². The van der Waals surface area contributed by atoms with E-state index in [0.717, 1.165) is 23.8 Å². The molecule has 2 aliphatic heterocycles. The zero-order chi connectivity index (χ0) is 13.8. The maximum absolute atomic E-state index is 9.34. The van der Waals surface area contributed by atoms with Crippen LogP contribution in [0.25, 0.3) is 0 Å². The summed E-state index contributed by atoms with van der Waals surface area (Å²) < 4.78 is 12.6. The molecule has 3 rings (SSSR count). The van der Waals surface area contributed by atoms with E-state index in [9.17, 15) is 5.26 Å². The quantitative estimate of drug-likeness (QED) is 0.725. The van der Waals surface area contributed by atoms with Crippen molar-refractivity contribution < 1.29 is 9.47 Å². The first kappa shape index (κ1) is 15.0. The lowest BCUT2D eigenvalue weighted by Crippen LogP contribution is -2.36. The Hall–Kier alpha value is 0.110. The smallest absolute Gasteiger partial charge is 0.172 e. The second-order valence-electron chi connectivity index (χ2n) is 5.85. The van der Waals surface area contributed by atoms with Gasteiger partial charge >= 0.3 is 0 Å². The maximum atomic E-state index is 9.34. The molecular formula is C15H23NO2S2. The van der Waals surface area contributed by atoms with Gasteiger partial charge in [0.2, 0.25) is 0 Å². The molecule has 0 radical (unpaired) electrons. The Balaban J connectivity index is 1.47. The summed E-state index contributed by atoms with van der Waals surface area (Å²) in [6.07, 6.45) is 6.72. The molecule has 0 aromatic heterocycles. The van der Waals surface area contributed by atoms with Gasteiger partial charge in [-0.2, -0.15) is 5.26 Å². The third-order valence-corrected chi connectivity index (χ3v) is 7.86. The largest absolute Gasteiger partial charge is 0.347 e. The van der Waals surface area contributed by atoms with Crippen molar-refractivity contribution in [2.45, 2.75) is 48.9 Å². The average Bonchev–Trinajstić information content (AvgIpc) is 3.18. The molecule has 3 fully saturated rings. The molecule has 2 heterocycles. The van der Waals surface area contributed by atoms with Gasteiger partial charge in [-0.15, -0.1) is 23.5 Å². The Morgan fingerprint density at radius 2 is 1.80 bits per heavy atom. The molecule has 112 valence electrons. The van der Waals surface area contributed by atoms with Crippen molar-refractivity contribution in [2.24, 2.45) is 11.8 Å². The zero-order valence-corrected chi connectivity index (χ0v) is 13.5. The molecule has 0 aromatic carbocycles. The molecule has 1 aliphatic carbocycles. The van der Waals surface area contributed by atoms with Crippen molar-refractivity contribution in [2.75, 3.05) is 24.7 Å². The Labute approximate surface area is 130 Å². The van der Waals surface area contributed by atoms with Gasteiger partial charge < -0.3 is 9.47 Å². The van der Waals surface area contributed by atoms with Crippen molar-refractivity contribution in [3.05, 3.63) is 0 Å². The van der Waals surface area contributed by atoms with Crippen LogP contribution in [-0.2, 0) is 9.47 Å². The summed E-state index contributed by atoms with van der Waals surface area (Å²) in [5, 5.41) is 9.34. The molecule has 0 bridgehead atoms. The van der Waals surface area contributed by atoms with E-state index in [-0.39, 0.29) is 5.92 Å². The molecule has 3 aliphatic rings. The van der Waals surface area contributed by atoms with E-state index in [4.69, 9.17) is 9.47 Å². The predicted octanol–water partition coefficient (Wildman–Crippen LogP) is 3.65. The number of thioether (sulfide) groups is 2. The normalized spacial score (nSPS) is 33.0. The summed E-state index contributed by atoms with van der Waals surface area (Å²) in [4.78, 5) is 0. The van der Waals surface area contributed by atoms with Crippen LogP contribution in [0.3, 0.4) is 0 Å². The van der Waals surface area contributed by atoms with E-state index in [2.05, 4.69) is 29.6 Å². The standard InChI is InChI=1S/C15H23NO2S2/c16-11-12-5-6-15(17-7-8-18-15)13(12)3-1-2-4-14-19-9-10-20-14/h12-14H,1-10H2. The van der Waals surface area contributed by atoms with Gasteiger partial charge in [-0.1, -0.05) is 12.8 Å². The van der Waals surface area contributed by atoms with Gasteiger partial charge in [0.15, 0.2) is 5.79 Å². The summed E-state index contributed by atoms with van der Waals surface area (Å²) in [6, 6.07) is 2.48. The van der Waals surface area contributed by atoms with E-state index in [1.165, 1.54) is 30.8 Å². The minimum absolute atomic E-state index is 0.128. The first-order valence-electron chi connectivity index (χ1n) is 7.75. The van der Waals surface area contributed by atoms with Crippen molar-refractivity contribution >= 4 is 23.5 Å². The highest BCUT2D eigenvalue weighted by molar-refractivity contribution is 8.20. The summed E-state index contributed by atoms with van der Waals surface area (Å²) in [7, 11) is 0. The Morgan fingerprint density at radius 1 is 1.10 bits per heavy atom. The molecule has 2 unspecified atom stereocenters. The maximum Gasteiger partial charge on any atom is 0.172 e. The molecule has 20 heavy (non-hydrogen) atoms. The van der Waals surface area contributed by atoms with Gasteiger partial charge in [0.05, 0.1) is 29.8 Å². The number of nitriles is 1. The fourth-order valence-corrected chi connectivity index (χ4v) is 6.63. The third kappa shape index (κ3) is 3.14. The van der Waals surface area contributed by atoms with Crippen LogP contribution < -0.4 is 0 Å². The van der Waals surface area contributed by atoms with Crippen molar-refractivity contribution in [1.82, 2.24) is 0 Å². The lowest BCUT2D eigenvalue weighted by molar-refractivity contribution is -0.185. The van der Waals surface area contributed by atoms with E-state index in [1.54, 1.807) is 0 Å². The van der Waals surface area contributed by atoms with Crippen LogP contribution in [-0.4, -0.2) is 35.1 Å². The fraction of sp³-hybridized carbons (Fsp3) is 0.933. The highest BCUT2D eigenvalue weighted by Gasteiger charge is 2.52. The Kier molecular flexibility index (Phi) is 5.19. The van der Waals surface area contributed by atoms with E-state index >= 15 is 0 Å². The SMILES string of the molecule is N#CC1CCC2(OCCO2)C1CCCCC1SCCS1. The molecule has 5 heteroatoms. The molecule has 1 spiro atoms. The molecule has 3 nitrogen and oxygen atoms in total. The van der Waals surface area contributed by atoms with E-state index in [0.29, 0.717) is 19.1 Å². The van der Waals surface area contributed by atoms with Gasteiger partial charge in [-0.3, -0.25) is 0 Å². The molecule has 0 aromatic rings. The second kappa shape index (κ2) is 6.91. The summed E-state index contributed by atoms with van der Waals surface area (Å²) >= 11 is 4.22. The molecule has 0 N–H and O–H groups in total. The lowest BCUT2D eigenvalue weighted by atomic mass is 9.88. The van der Waals surface area contributed by atoms with Crippen LogP contribution in [0, 0.1) is 23.2 Å². The second-order valence-corrected chi connectivity index (χ2v) is 8.76. The number of ether oxygens (including phenoxy) is 2. The monoisotopic (exact) mass is 313 g/mol. The zero-order valence-electron chi connectivity index (χ0n) is 11.9. The van der Waals surface area contributed by atoms with Gasteiger partial charge in [0.25, 0.3) is 0 Å². The van der Waals surface area contributed by atoms with Crippen LogP contribution in [0.5, 0.6) is 0 Å². The average molecular weight is 313 g/mol. The first-order chi connectivity index (χ1) is 9.84. The predicted molar refractivity (Wildman–Crippen MR) is 83.6 cm³/mol. The third-order valence-electron chi connectivity index (χ3n) is 4.69. The topological polar surface area (TPSA) is 42.2 Å². The molecule has 2 atom stereocenters. The Morgan fingerprint density at radius 3 is 2.50 bits per heavy atom. The minimum atomic E-state index is -0.406. The number of unbranched alkanes of at least 4 members (excludes halogenated alkanes) is 1. The van der Waals surface area contributed by atoms with Gasteiger partial charge in [-0.25, -0.2) is 0 Å². The molecule has 2 saturated heterocycles. The molecule has 1 saturated carbocycles. The van der Waals surface area contributed by atoms with Gasteiger partial charge in [0.1, 0.15) is 0 Å².